The smallest absolute Gasteiger partial charge is 0.780 e. The van der Waals surface area contributed by atoms with Crippen molar-refractivity contribution in [3.8, 4) is 5.75 Å². The first-order valence-corrected chi connectivity index (χ1v) is 20.4. The van der Waals surface area contributed by atoms with Gasteiger partial charge in [-0.15, -0.1) is 6.58 Å². The van der Waals surface area contributed by atoms with Gasteiger partial charge >= 0.3 is 65.1 Å². The number of aromatic nitrogens is 1. The van der Waals surface area contributed by atoms with E-state index in [-0.39, 0.29) is 128 Å². The second kappa shape index (κ2) is 19.9. The largest absolute Gasteiger partial charge is 1.00 e. The van der Waals surface area contributed by atoms with Crippen LogP contribution in [-0.2, 0) is 40.2 Å². The van der Waals surface area contributed by atoms with Gasteiger partial charge in [0.2, 0.25) is 11.8 Å². The van der Waals surface area contributed by atoms with Crippen molar-refractivity contribution in [1.29, 1.82) is 0 Å². The fraction of sp³-hybridized carbons (Fsp3) is 0.366. The number of hydrogen-bond donors (Lipinski definition) is 1. The number of phosphoric ester groups is 1. The van der Waals surface area contributed by atoms with Crippen molar-refractivity contribution in [1.82, 2.24) is 29.7 Å². The van der Waals surface area contributed by atoms with Gasteiger partial charge in [0.15, 0.2) is 5.78 Å². The van der Waals surface area contributed by atoms with Gasteiger partial charge in [-0.25, -0.2) is 14.8 Å². The molecule has 4 amide bonds. The fourth-order valence-corrected chi connectivity index (χ4v) is 8.15. The Kier molecular flexibility index (Phi) is 15.7. The fourth-order valence-electron chi connectivity index (χ4n) is 7.77. The summed E-state index contributed by atoms with van der Waals surface area (Å²) in [7, 11) is -5.29. The molecule has 1 aromatic heterocycles. The Labute approximate surface area is 382 Å². The standard InChI is InChI=1S/C41H47N6O8P.2Na/c1-3-5-21-43-25-34(39(49)30-16-17-30)33-13-9-12-31(38(33)43)24-44-26-36-46(35(40(44)50)22-28-14-18-32(19-15-28)55-56(52,53)54)37(48)27-45(20-4-2)47(36)41(51)42-23-29-10-7-6-8-11-29;;/h4,6-15,18-19,25,30,35-36H,2-3,5,16-17,20-24,26-27H2,1H3,(H,42,51)(H2,52,53,54);;/q;2*+1/p-2/t35-,36-;;/m0../s1. The molecule has 2 aliphatic heterocycles. The van der Waals surface area contributed by atoms with E-state index in [4.69, 9.17) is 0 Å². The third kappa shape index (κ3) is 10.4. The van der Waals surface area contributed by atoms with Crippen molar-refractivity contribution >= 4 is 42.4 Å². The van der Waals surface area contributed by atoms with E-state index < -0.39 is 26.1 Å². The van der Waals surface area contributed by atoms with Crippen molar-refractivity contribution in [3.63, 3.8) is 0 Å². The molecule has 1 aliphatic carbocycles. The van der Waals surface area contributed by atoms with Gasteiger partial charge < -0.3 is 38.6 Å². The first kappa shape index (κ1) is 45.8. The first-order chi connectivity index (χ1) is 27.0. The molecule has 294 valence electrons. The van der Waals surface area contributed by atoms with Gasteiger partial charge in [-0.05, 0) is 48.1 Å². The molecule has 0 bridgehead atoms. The number of hydrazine groups is 1. The number of unbranched alkanes of at least 4 members (excludes halogenated alkanes) is 1. The Morgan fingerprint density at radius 1 is 0.983 bits per heavy atom. The number of carbonyl (C=O) groups is 4. The summed E-state index contributed by atoms with van der Waals surface area (Å²) < 4.78 is 17.8. The number of amides is 4. The van der Waals surface area contributed by atoms with Gasteiger partial charge in [0, 0.05) is 55.7 Å². The molecule has 0 unspecified atom stereocenters. The molecule has 2 atom stereocenters. The Morgan fingerprint density at radius 2 is 1.71 bits per heavy atom. The van der Waals surface area contributed by atoms with E-state index in [1.165, 1.54) is 34.2 Å². The quantitative estimate of drug-likeness (QED) is 0.0616. The minimum Gasteiger partial charge on any atom is -0.780 e. The summed E-state index contributed by atoms with van der Waals surface area (Å²) in [4.78, 5) is 82.1. The Balaban J connectivity index is 0.00000320. The predicted octanol–water partition coefficient (Wildman–Crippen LogP) is -2.01. The average molecular weight is 827 g/mol. The summed E-state index contributed by atoms with van der Waals surface area (Å²) in [5.74, 6) is -0.688. The molecule has 14 nitrogen and oxygen atoms in total. The summed E-state index contributed by atoms with van der Waals surface area (Å²) in [6, 6.07) is 19.5. The van der Waals surface area contributed by atoms with Crippen LogP contribution in [0.25, 0.3) is 10.9 Å². The number of aryl methyl sites for hydroxylation is 1. The first-order valence-electron chi connectivity index (χ1n) is 19.0. The molecule has 0 radical (unpaired) electrons. The van der Waals surface area contributed by atoms with Crippen LogP contribution < -0.4 is 78.7 Å². The molecule has 1 saturated carbocycles. The van der Waals surface area contributed by atoms with Crippen molar-refractivity contribution < 1.29 is 97.2 Å². The van der Waals surface area contributed by atoms with Crippen LogP contribution in [0.4, 0.5) is 4.79 Å². The molecular weight excluding hydrogens is 781 g/mol. The summed E-state index contributed by atoms with van der Waals surface area (Å²) in [5.41, 5.74) is 3.86. The van der Waals surface area contributed by atoms with Gasteiger partial charge in [-0.2, -0.15) is 0 Å². The van der Waals surface area contributed by atoms with E-state index >= 15 is 0 Å². The van der Waals surface area contributed by atoms with Crippen molar-refractivity contribution in [2.24, 2.45) is 5.92 Å². The zero-order valence-corrected chi connectivity index (χ0v) is 38.1. The monoisotopic (exact) mass is 826 g/mol. The van der Waals surface area contributed by atoms with E-state index in [9.17, 15) is 33.5 Å². The Bertz CT molecular complexity index is 2180. The van der Waals surface area contributed by atoms with Gasteiger partial charge in [0.1, 0.15) is 25.8 Å². The molecule has 2 saturated heterocycles. The van der Waals surface area contributed by atoms with Crippen molar-refractivity contribution in [2.45, 2.75) is 70.9 Å². The predicted molar refractivity (Wildman–Crippen MR) is 204 cm³/mol. The summed E-state index contributed by atoms with van der Waals surface area (Å²) in [6.45, 7) is 7.06. The molecule has 3 fully saturated rings. The van der Waals surface area contributed by atoms with E-state index in [1.54, 1.807) is 16.0 Å². The topological polar surface area (TPSA) is 171 Å². The van der Waals surface area contributed by atoms with Crippen LogP contribution in [-0.4, -0.2) is 79.9 Å². The molecule has 4 aromatic rings. The summed E-state index contributed by atoms with van der Waals surface area (Å²) in [5, 5.41) is 6.97. The maximum Gasteiger partial charge on any atom is 1.00 e. The van der Waals surface area contributed by atoms with Crippen LogP contribution in [0.2, 0.25) is 0 Å². The average Bonchev–Trinajstić information content (AvgIpc) is 3.96. The van der Waals surface area contributed by atoms with Gasteiger partial charge in [-0.1, -0.05) is 80.1 Å². The van der Waals surface area contributed by atoms with E-state index in [2.05, 4.69) is 27.9 Å². The minimum absolute atomic E-state index is 0. The number of ketones is 1. The third-order valence-corrected chi connectivity index (χ3v) is 11.0. The van der Waals surface area contributed by atoms with Crippen molar-refractivity contribution in [3.05, 3.63) is 114 Å². The second-order valence-electron chi connectivity index (χ2n) is 14.6. The van der Waals surface area contributed by atoms with E-state index in [1.807, 2.05) is 54.7 Å². The van der Waals surface area contributed by atoms with Crippen LogP contribution in [0, 0.1) is 5.92 Å². The normalized spacial score (nSPS) is 18.3. The molecule has 1 N–H and O–H groups in total. The van der Waals surface area contributed by atoms with E-state index in [0.29, 0.717) is 17.7 Å². The van der Waals surface area contributed by atoms with Crippen LogP contribution in [0.3, 0.4) is 0 Å². The van der Waals surface area contributed by atoms with Gasteiger partial charge in [0.05, 0.1) is 18.6 Å². The number of nitrogens with one attached hydrogen (secondary N) is 1. The summed E-state index contributed by atoms with van der Waals surface area (Å²) >= 11 is 0. The zero-order chi connectivity index (χ0) is 39.6. The summed E-state index contributed by atoms with van der Waals surface area (Å²) in [6.07, 6.45) is 6.31. The molecule has 7 rings (SSSR count). The number of carbonyl (C=O) groups excluding carboxylic acids is 4. The SMILES string of the molecule is C=CCN1CC(=O)N2[C@@H](Cc3ccc(OP(=O)([O-])[O-])cc3)C(=O)N(Cc3cccc4c(C(=O)C5CC5)cn(CCCC)c34)C[C@@H]2N1C(=O)NCc1ccccc1.[Na+].[Na+]. The van der Waals surface area contributed by atoms with Gasteiger partial charge in [0.25, 0.3) is 0 Å². The van der Waals surface area contributed by atoms with E-state index in [0.717, 1.165) is 47.7 Å². The maximum atomic E-state index is 14.8. The minimum atomic E-state index is -5.29. The van der Waals surface area contributed by atoms with Crippen LogP contribution >= 0.6 is 7.82 Å². The number of urea groups is 1. The number of para-hydroxylation sites is 1. The Morgan fingerprint density at radius 3 is 2.36 bits per heavy atom. The molecule has 0 spiro atoms. The number of hydrogen-bond acceptors (Lipinski definition) is 9. The molecule has 3 heterocycles. The van der Waals surface area contributed by atoms with Crippen LogP contribution in [0.15, 0.2) is 91.6 Å². The number of nitrogens with zero attached hydrogens (tertiary/aromatic N) is 5. The maximum absolute atomic E-state index is 14.8. The third-order valence-electron chi connectivity index (χ3n) is 10.5. The molecule has 17 heteroatoms. The molecular formula is C41H45N6Na2O8P. The van der Waals surface area contributed by atoms with Crippen molar-refractivity contribution in [2.75, 3.05) is 19.6 Å². The van der Waals surface area contributed by atoms with Crippen LogP contribution in [0.5, 0.6) is 5.75 Å². The zero-order valence-electron chi connectivity index (χ0n) is 33.2. The number of fused-ring (bicyclic) bond motifs is 2. The number of Topliss-reactive ketones (excluding diaryl/α,β-unsaturated/α-hetero) is 1. The number of rotatable bonds is 15. The second-order valence-corrected chi connectivity index (χ2v) is 15.6. The molecule has 3 aromatic carbocycles. The number of benzene rings is 3. The Hall–Kier alpha value is -3.27. The molecule has 3 aliphatic rings. The number of phosphoric acid groups is 1. The molecule has 58 heavy (non-hydrogen) atoms. The van der Waals surface area contributed by atoms with Gasteiger partial charge in [-0.3, -0.25) is 14.4 Å². The number of piperazine rings is 1. The van der Waals surface area contributed by atoms with Crippen LogP contribution in [0.1, 0.15) is 59.7 Å².